The number of nitrogen functional groups attached to an aromatic ring is 1. The molecule has 0 aliphatic rings. The van der Waals surface area contributed by atoms with E-state index >= 15 is 0 Å². The molecule has 2 heterocycles. The van der Waals surface area contributed by atoms with Crippen LogP contribution in [0.1, 0.15) is 21.7 Å². The molecule has 3 aromatic rings. The summed E-state index contributed by atoms with van der Waals surface area (Å²) in [5.74, 6) is 5.51. The second-order valence-corrected chi connectivity index (χ2v) is 6.40. The summed E-state index contributed by atoms with van der Waals surface area (Å²) >= 11 is 2.22. The monoisotopic (exact) mass is 435 g/mol. The van der Waals surface area contributed by atoms with Crippen LogP contribution in [0.3, 0.4) is 0 Å². The van der Waals surface area contributed by atoms with Gasteiger partial charge in [0.25, 0.3) is 5.91 Å². The molecular weight excluding hydrogens is 421 g/mol. The molecule has 0 bridgehead atoms. The van der Waals surface area contributed by atoms with Crippen LogP contribution in [0.5, 0.6) is 0 Å². The minimum atomic E-state index is -0.418. The van der Waals surface area contributed by atoms with Crippen molar-refractivity contribution < 1.29 is 9.21 Å². The van der Waals surface area contributed by atoms with Gasteiger partial charge in [-0.1, -0.05) is 6.07 Å². The summed E-state index contributed by atoms with van der Waals surface area (Å²) in [6.07, 6.45) is 0. The molecule has 0 spiro atoms. The third-order valence-corrected chi connectivity index (χ3v) is 4.18. The van der Waals surface area contributed by atoms with Crippen LogP contribution in [0.25, 0.3) is 22.9 Å². The molecule has 2 aromatic heterocycles. The van der Waals surface area contributed by atoms with E-state index < -0.39 is 5.91 Å². The lowest BCUT2D eigenvalue weighted by atomic mass is 10.1. The highest BCUT2D eigenvalue weighted by Gasteiger charge is 2.18. The van der Waals surface area contributed by atoms with E-state index in [1.54, 1.807) is 13.0 Å². The molecule has 0 aliphatic heterocycles. The molecule has 3 N–H and O–H groups in total. The molecule has 7 nitrogen and oxygen atoms in total. The lowest BCUT2D eigenvalue weighted by Crippen LogP contribution is -2.30. The third kappa shape index (κ3) is 3.15. The second kappa shape index (κ2) is 6.65. The number of nitrogens with one attached hydrogen (secondary N) is 1. The first-order chi connectivity index (χ1) is 11.5. The predicted molar refractivity (Wildman–Crippen MR) is 96.8 cm³/mol. The van der Waals surface area contributed by atoms with Gasteiger partial charge in [-0.2, -0.15) is 0 Å². The van der Waals surface area contributed by atoms with Crippen LogP contribution in [0.15, 0.2) is 34.7 Å². The molecule has 3 rings (SSSR count). The number of hydrogen-bond acceptors (Lipinski definition) is 6. The van der Waals surface area contributed by atoms with Crippen molar-refractivity contribution >= 4 is 28.5 Å². The molecule has 1 amide bonds. The highest BCUT2D eigenvalue weighted by Crippen LogP contribution is 2.27. The Hall–Kier alpha value is -2.33. The zero-order valence-corrected chi connectivity index (χ0v) is 15.2. The number of aryl methyl sites for hydroxylation is 2. The molecule has 0 saturated heterocycles. The molecule has 0 unspecified atom stereocenters. The van der Waals surface area contributed by atoms with E-state index in [1.807, 2.05) is 31.2 Å². The van der Waals surface area contributed by atoms with Crippen molar-refractivity contribution in [3.8, 4) is 22.9 Å². The van der Waals surface area contributed by atoms with Gasteiger partial charge in [-0.05, 0) is 60.7 Å². The maximum atomic E-state index is 11.8. The normalized spacial score (nSPS) is 10.7. The summed E-state index contributed by atoms with van der Waals surface area (Å²) in [4.78, 5) is 16.2. The van der Waals surface area contributed by atoms with Crippen LogP contribution in [0, 0.1) is 17.4 Å². The molecule has 0 atom stereocenters. The van der Waals surface area contributed by atoms with Crippen LogP contribution in [0.2, 0.25) is 0 Å². The predicted octanol–water partition coefficient (Wildman–Crippen LogP) is 2.62. The minimum absolute atomic E-state index is 0.305. The highest BCUT2D eigenvalue weighted by molar-refractivity contribution is 14.1. The fourth-order valence-electron chi connectivity index (χ4n) is 2.32. The number of hydrogen-bond donors (Lipinski definition) is 2. The van der Waals surface area contributed by atoms with Crippen LogP contribution in [0.4, 0.5) is 0 Å². The molecule has 0 aliphatic carbocycles. The Morgan fingerprint density at radius 3 is 2.62 bits per heavy atom. The van der Waals surface area contributed by atoms with Gasteiger partial charge in [0, 0.05) is 9.13 Å². The van der Waals surface area contributed by atoms with Crippen LogP contribution in [-0.4, -0.2) is 21.1 Å². The van der Waals surface area contributed by atoms with E-state index in [4.69, 9.17) is 10.3 Å². The van der Waals surface area contributed by atoms with Gasteiger partial charge >= 0.3 is 0 Å². The van der Waals surface area contributed by atoms with Gasteiger partial charge in [0.15, 0.2) is 0 Å². The number of pyridine rings is 1. The summed E-state index contributed by atoms with van der Waals surface area (Å²) in [6.45, 7) is 3.56. The lowest BCUT2D eigenvalue weighted by molar-refractivity contribution is 0.0952. The van der Waals surface area contributed by atoms with Crippen molar-refractivity contribution in [3.05, 3.63) is 50.9 Å². The molecule has 0 saturated carbocycles. The Labute approximate surface area is 151 Å². The Bertz CT molecular complexity index is 923. The number of hydrazine groups is 1. The molecular formula is C16H14IN5O2. The first-order valence-electron chi connectivity index (χ1n) is 7.08. The third-order valence-electron chi connectivity index (χ3n) is 3.51. The van der Waals surface area contributed by atoms with Crippen LogP contribution < -0.4 is 11.3 Å². The summed E-state index contributed by atoms with van der Waals surface area (Å²) in [6, 6.07) is 9.40. The Balaban J connectivity index is 2.05. The first kappa shape index (κ1) is 16.5. The average Bonchev–Trinajstić information content (AvgIpc) is 3.04. The summed E-state index contributed by atoms with van der Waals surface area (Å²) in [5, 5.41) is 8.18. The fraction of sp³-hybridized carbons (Fsp3) is 0.125. The van der Waals surface area contributed by atoms with Gasteiger partial charge in [0.2, 0.25) is 11.8 Å². The number of carbonyl (C=O) groups is 1. The zero-order valence-electron chi connectivity index (χ0n) is 13.0. The van der Waals surface area contributed by atoms with E-state index in [2.05, 4.69) is 43.2 Å². The molecule has 0 fully saturated rings. The Kier molecular flexibility index (Phi) is 4.58. The van der Waals surface area contributed by atoms with Gasteiger partial charge in [-0.3, -0.25) is 15.2 Å². The summed E-state index contributed by atoms with van der Waals surface area (Å²) in [5.41, 5.74) is 5.18. The van der Waals surface area contributed by atoms with Crippen molar-refractivity contribution in [2.45, 2.75) is 13.8 Å². The standard InChI is InChI=1S/C16H14IN5O2/c1-8-12(14(23)20-18)7-13(9(2)19-8)16-22-21-15(24-16)10-4-3-5-11(17)6-10/h3-7H,18H2,1-2H3,(H,20,23). The molecule has 24 heavy (non-hydrogen) atoms. The topological polar surface area (TPSA) is 107 Å². The Morgan fingerprint density at radius 1 is 1.17 bits per heavy atom. The maximum Gasteiger partial charge on any atom is 0.267 e. The number of carbonyl (C=O) groups excluding carboxylic acids is 1. The van der Waals surface area contributed by atoms with E-state index in [-0.39, 0.29) is 0 Å². The van der Waals surface area contributed by atoms with Crippen LogP contribution in [-0.2, 0) is 0 Å². The van der Waals surface area contributed by atoms with Gasteiger partial charge < -0.3 is 4.42 Å². The number of amides is 1. The van der Waals surface area contributed by atoms with Gasteiger partial charge in [0.05, 0.1) is 22.5 Å². The smallest absolute Gasteiger partial charge is 0.267 e. The van der Waals surface area contributed by atoms with Crippen molar-refractivity contribution in [1.82, 2.24) is 20.6 Å². The first-order valence-corrected chi connectivity index (χ1v) is 8.16. The molecule has 1 aromatic carbocycles. The molecule has 122 valence electrons. The largest absolute Gasteiger partial charge is 0.416 e. The fourth-order valence-corrected chi connectivity index (χ4v) is 2.86. The Morgan fingerprint density at radius 2 is 1.92 bits per heavy atom. The van der Waals surface area contributed by atoms with Gasteiger partial charge in [-0.15, -0.1) is 10.2 Å². The van der Waals surface area contributed by atoms with Gasteiger partial charge in [0.1, 0.15) is 0 Å². The summed E-state index contributed by atoms with van der Waals surface area (Å²) in [7, 11) is 0. The number of benzene rings is 1. The summed E-state index contributed by atoms with van der Waals surface area (Å²) < 4.78 is 6.84. The zero-order chi connectivity index (χ0) is 17.3. The van der Waals surface area contributed by atoms with E-state index in [1.165, 1.54) is 0 Å². The van der Waals surface area contributed by atoms with Crippen molar-refractivity contribution in [3.63, 3.8) is 0 Å². The van der Waals surface area contributed by atoms with E-state index in [0.29, 0.717) is 34.3 Å². The molecule has 0 radical (unpaired) electrons. The number of nitrogens with two attached hydrogens (primary N) is 1. The minimum Gasteiger partial charge on any atom is -0.416 e. The molecule has 8 heteroatoms. The van der Waals surface area contributed by atoms with Crippen molar-refractivity contribution in [2.75, 3.05) is 0 Å². The van der Waals surface area contributed by atoms with Crippen LogP contribution >= 0.6 is 22.6 Å². The second-order valence-electron chi connectivity index (χ2n) is 5.15. The number of nitrogens with zero attached hydrogens (tertiary/aromatic N) is 3. The van der Waals surface area contributed by atoms with Crippen molar-refractivity contribution in [2.24, 2.45) is 5.84 Å². The SMILES string of the molecule is Cc1nc(C)c(-c2nnc(-c3cccc(I)c3)o2)cc1C(=O)NN. The maximum absolute atomic E-state index is 11.8. The van der Waals surface area contributed by atoms with Gasteiger partial charge in [-0.25, -0.2) is 5.84 Å². The number of halogens is 1. The quantitative estimate of drug-likeness (QED) is 0.284. The highest BCUT2D eigenvalue weighted by atomic mass is 127. The number of rotatable bonds is 3. The number of aromatic nitrogens is 3. The van der Waals surface area contributed by atoms with E-state index in [0.717, 1.165) is 9.13 Å². The van der Waals surface area contributed by atoms with E-state index in [9.17, 15) is 4.79 Å². The lowest BCUT2D eigenvalue weighted by Gasteiger charge is -2.07. The van der Waals surface area contributed by atoms with Crippen molar-refractivity contribution in [1.29, 1.82) is 0 Å². The average molecular weight is 435 g/mol.